The van der Waals surface area contributed by atoms with E-state index in [0.717, 1.165) is 31.2 Å². The summed E-state index contributed by atoms with van der Waals surface area (Å²) in [6.45, 7) is 2.19. The molecule has 106 valence electrons. The summed E-state index contributed by atoms with van der Waals surface area (Å²) in [6, 6.07) is 5.82. The highest BCUT2D eigenvalue weighted by Gasteiger charge is 2.46. The molecule has 1 atom stereocenters. The van der Waals surface area contributed by atoms with Gasteiger partial charge in [-0.15, -0.1) is 0 Å². The van der Waals surface area contributed by atoms with Gasteiger partial charge in [0.25, 0.3) is 5.91 Å². The molecule has 2 aliphatic rings. The van der Waals surface area contributed by atoms with Crippen LogP contribution in [0.4, 0.5) is 0 Å². The molecule has 0 saturated carbocycles. The molecule has 0 aromatic heterocycles. The van der Waals surface area contributed by atoms with E-state index in [2.05, 4.69) is 6.07 Å². The van der Waals surface area contributed by atoms with Crippen LogP contribution in [-0.4, -0.2) is 34.0 Å². The Balaban J connectivity index is 1.98. The lowest BCUT2D eigenvalue weighted by Crippen LogP contribution is -2.50. The maximum Gasteiger partial charge on any atom is 0.329 e. The number of aryl methyl sites for hydroxylation is 1. The van der Waals surface area contributed by atoms with Gasteiger partial charge in [0.2, 0.25) is 0 Å². The minimum Gasteiger partial charge on any atom is -0.480 e. The monoisotopic (exact) mass is 273 g/mol. The van der Waals surface area contributed by atoms with Crippen LogP contribution < -0.4 is 0 Å². The van der Waals surface area contributed by atoms with Crippen LogP contribution >= 0.6 is 0 Å². The van der Waals surface area contributed by atoms with Gasteiger partial charge in [-0.2, -0.15) is 0 Å². The Morgan fingerprint density at radius 1 is 1.25 bits per heavy atom. The van der Waals surface area contributed by atoms with Gasteiger partial charge in [0.15, 0.2) is 0 Å². The van der Waals surface area contributed by atoms with Gasteiger partial charge in [-0.25, -0.2) is 4.79 Å². The molecular formula is C16H19NO3. The lowest BCUT2D eigenvalue weighted by atomic mass is 9.97. The van der Waals surface area contributed by atoms with E-state index in [4.69, 9.17) is 0 Å². The number of carbonyl (C=O) groups is 2. The average Bonchev–Trinajstić information content (AvgIpc) is 3.04. The molecule has 1 fully saturated rings. The summed E-state index contributed by atoms with van der Waals surface area (Å²) in [5, 5.41) is 9.44. The third kappa shape index (κ3) is 1.82. The second-order valence-corrected chi connectivity index (χ2v) is 5.94. The predicted molar refractivity (Wildman–Crippen MR) is 74.8 cm³/mol. The smallest absolute Gasteiger partial charge is 0.329 e. The van der Waals surface area contributed by atoms with Gasteiger partial charge >= 0.3 is 5.97 Å². The highest BCUT2D eigenvalue weighted by atomic mass is 16.4. The molecule has 1 aliphatic carbocycles. The largest absolute Gasteiger partial charge is 0.480 e. The van der Waals surface area contributed by atoms with Crippen molar-refractivity contribution in [3.8, 4) is 0 Å². The van der Waals surface area contributed by atoms with Gasteiger partial charge in [0.05, 0.1) is 0 Å². The van der Waals surface area contributed by atoms with Crippen LogP contribution in [0.2, 0.25) is 0 Å². The number of benzene rings is 1. The normalized spacial score (nSPS) is 24.8. The molecule has 1 aliphatic heterocycles. The number of carboxylic acids is 1. The Morgan fingerprint density at radius 3 is 2.80 bits per heavy atom. The number of likely N-dealkylation sites (tertiary alicyclic amines) is 1. The van der Waals surface area contributed by atoms with E-state index < -0.39 is 11.5 Å². The average molecular weight is 273 g/mol. The minimum atomic E-state index is -1.06. The molecular weight excluding hydrogens is 254 g/mol. The van der Waals surface area contributed by atoms with Crippen molar-refractivity contribution in [1.82, 2.24) is 4.90 Å². The van der Waals surface area contributed by atoms with Crippen LogP contribution in [-0.2, 0) is 17.6 Å². The summed E-state index contributed by atoms with van der Waals surface area (Å²) >= 11 is 0. The molecule has 4 nitrogen and oxygen atoms in total. The summed E-state index contributed by atoms with van der Waals surface area (Å²) in [4.78, 5) is 25.8. The van der Waals surface area contributed by atoms with Crippen molar-refractivity contribution >= 4 is 11.9 Å². The maximum atomic E-state index is 12.8. The highest BCUT2D eigenvalue weighted by Crippen LogP contribution is 2.33. The third-order valence-corrected chi connectivity index (χ3v) is 4.72. The number of aliphatic carboxylic acids is 1. The summed E-state index contributed by atoms with van der Waals surface area (Å²) in [5.74, 6) is -1.03. The number of rotatable bonds is 2. The van der Waals surface area contributed by atoms with Crippen LogP contribution in [0.25, 0.3) is 0 Å². The number of hydrogen-bond acceptors (Lipinski definition) is 2. The van der Waals surface area contributed by atoms with Crippen molar-refractivity contribution < 1.29 is 14.7 Å². The zero-order chi connectivity index (χ0) is 14.3. The molecule has 1 aromatic carbocycles. The SMILES string of the molecule is CC1(C(=O)O)CCCN1C(=O)c1cccc2c1CCC2. The van der Waals surface area contributed by atoms with Gasteiger partial charge in [0.1, 0.15) is 5.54 Å². The minimum absolute atomic E-state index is 0.119. The van der Waals surface area contributed by atoms with Crippen molar-refractivity contribution in [2.24, 2.45) is 0 Å². The van der Waals surface area contributed by atoms with Gasteiger partial charge < -0.3 is 10.0 Å². The molecule has 1 amide bonds. The Kier molecular flexibility index (Phi) is 3.04. The molecule has 20 heavy (non-hydrogen) atoms. The van der Waals surface area contributed by atoms with Crippen LogP contribution in [0.15, 0.2) is 18.2 Å². The molecule has 0 spiro atoms. The first-order chi connectivity index (χ1) is 9.54. The van der Waals surface area contributed by atoms with Crippen LogP contribution in [0.5, 0.6) is 0 Å². The first-order valence-corrected chi connectivity index (χ1v) is 7.20. The molecule has 1 aromatic rings. The molecule has 4 heteroatoms. The fourth-order valence-corrected chi connectivity index (χ4v) is 3.48. The van der Waals surface area contributed by atoms with Crippen molar-refractivity contribution in [3.63, 3.8) is 0 Å². The van der Waals surface area contributed by atoms with E-state index in [-0.39, 0.29) is 5.91 Å². The summed E-state index contributed by atoms with van der Waals surface area (Å²) < 4.78 is 0. The lowest BCUT2D eigenvalue weighted by molar-refractivity contribution is -0.147. The number of fused-ring (bicyclic) bond motifs is 1. The third-order valence-electron chi connectivity index (χ3n) is 4.72. The van der Waals surface area contributed by atoms with E-state index >= 15 is 0 Å². The molecule has 1 heterocycles. The van der Waals surface area contributed by atoms with Gasteiger partial charge in [-0.3, -0.25) is 4.79 Å². The Morgan fingerprint density at radius 2 is 2.05 bits per heavy atom. The quantitative estimate of drug-likeness (QED) is 0.899. The zero-order valence-corrected chi connectivity index (χ0v) is 11.7. The molecule has 1 saturated heterocycles. The van der Waals surface area contributed by atoms with E-state index in [1.165, 1.54) is 5.56 Å². The van der Waals surface area contributed by atoms with E-state index in [0.29, 0.717) is 18.5 Å². The van der Waals surface area contributed by atoms with Crippen molar-refractivity contribution in [2.75, 3.05) is 6.54 Å². The summed E-state index contributed by atoms with van der Waals surface area (Å²) in [7, 11) is 0. The predicted octanol–water partition coefficient (Wildman–Crippen LogP) is 2.25. The Hall–Kier alpha value is -1.84. The summed E-state index contributed by atoms with van der Waals surface area (Å²) in [5.41, 5.74) is 2.01. The van der Waals surface area contributed by atoms with Crippen LogP contribution in [0.3, 0.4) is 0 Å². The summed E-state index contributed by atoms with van der Waals surface area (Å²) in [6.07, 6.45) is 4.31. The molecule has 0 bridgehead atoms. The number of nitrogens with zero attached hydrogens (tertiary/aromatic N) is 1. The maximum absolute atomic E-state index is 12.8. The van der Waals surface area contributed by atoms with E-state index in [1.54, 1.807) is 11.8 Å². The standard InChI is InChI=1S/C16H19NO3/c1-16(15(19)20)9-4-10-17(16)14(18)13-8-3-6-11-5-2-7-12(11)13/h3,6,8H,2,4-5,7,9-10H2,1H3,(H,19,20). The van der Waals surface area contributed by atoms with Crippen molar-refractivity contribution in [3.05, 3.63) is 34.9 Å². The Labute approximate surface area is 118 Å². The van der Waals surface area contributed by atoms with Gasteiger partial charge in [-0.05, 0) is 56.2 Å². The topological polar surface area (TPSA) is 57.6 Å². The molecule has 0 radical (unpaired) electrons. The molecule has 1 unspecified atom stereocenters. The van der Waals surface area contributed by atoms with Crippen LogP contribution in [0.1, 0.15) is 47.7 Å². The van der Waals surface area contributed by atoms with Crippen LogP contribution in [0, 0.1) is 0 Å². The van der Waals surface area contributed by atoms with Gasteiger partial charge in [-0.1, -0.05) is 12.1 Å². The number of carbonyl (C=O) groups excluding carboxylic acids is 1. The molecule has 1 N–H and O–H groups in total. The number of hydrogen-bond donors (Lipinski definition) is 1. The highest BCUT2D eigenvalue weighted by molar-refractivity contribution is 5.99. The molecule has 3 rings (SSSR count). The fourth-order valence-electron chi connectivity index (χ4n) is 3.48. The zero-order valence-electron chi connectivity index (χ0n) is 11.7. The number of carboxylic acid groups (broad SMARTS) is 1. The second kappa shape index (κ2) is 4.62. The fraction of sp³-hybridized carbons (Fsp3) is 0.500. The lowest BCUT2D eigenvalue weighted by Gasteiger charge is -2.31. The Bertz CT molecular complexity index is 581. The first kappa shape index (κ1) is 13.2. The van der Waals surface area contributed by atoms with E-state index in [9.17, 15) is 14.7 Å². The number of amides is 1. The van der Waals surface area contributed by atoms with E-state index in [1.807, 2.05) is 12.1 Å². The first-order valence-electron chi connectivity index (χ1n) is 7.20. The van der Waals surface area contributed by atoms with Crippen molar-refractivity contribution in [1.29, 1.82) is 0 Å². The van der Waals surface area contributed by atoms with Gasteiger partial charge in [0, 0.05) is 12.1 Å². The second-order valence-electron chi connectivity index (χ2n) is 5.94. The van der Waals surface area contributed by atoms with Crippen molar-refractivity contribution in [2.45, 2.75) is 44.6 Å².